The highest BCUT2D eigenvalue weighted by Crippen LogP contribution is 2.11. The zero-order valence-electron chi connectivity index (χ0n) is 9.99. The molecule has 0 saturated carbocycles. The summed E-state index contributed by atoms with van der Waals surface area (Å²) >= 11 is 0. The zero-order valence-corrected chi connectivity index (χ0v) is 9.99. The van der Waals surface area contributed by atoms with Gasteiger partial charge in [-0.2, -0.15) is 0 Å². The van der Waals surface area contributed by atoms with Crippen LogP contribution in [0.3, 0.4) is 0 Å². The minimum absolute atomic E-state index is 0.335. The molecule has 0 aliphatic rings. The first kappa shape index (κ1) is 13.3. The van der Waals surface area contributed by atoms with Crippen LogP contribution < -0.4 is 0 Å². The van der Waals surface area contributed by atoms with Gasteiger partial charge in [0.25, 0.3) is 0 Å². The number of nitrogens with zero attached hydrogens (tertiary/aromatic N) is 1. The number of carbonyl (C=O) groups is 2. The number of pyridine rings is 1. The first-order chi connectivity index (χ1) is 7.79. The largest absolute Gasteiger partial charge is 0.460 e. The Morgan fingerprint density at radius 2 is 2.06 bits per heavy atom. The molecule has 1 rings (SSSR count). The van der Waals surface area contributed by atoms with E-state index in [9.17, 15) is 14.0 Å². The fourth-order valence-corrected chi connectivity index (χ4v) is 1.18. The van der Waals surface area contributed by atoms with Gasteiger partial charge in [-0.05, 0) is 32.9 Å². The van der Waals surface area contributed by atoms with Crippen molar-refractivity contribution in [3.05, 3.63) is 29.8 Å². The second-order valence-corrected chi connectivity index (χ2v) is 4.52. The number of hydrogen-bond donors (Lipinski definition) is 0. The molecule has 0 unspecified atom stereocenters. The molecule has 0 amide bonds. The van der Waals surface area contributed by atoms with Crippen molar-refractivity contribution in [2.45, 2.75) is 32.8 Å². The van der Waals surface area contributed by atoms with Crippen molar-refractivity contribution in [3.63, 3.8) is 0 Å². The van der Waals surface area contributed by atoms with Crippen LogP contribution in [-0.2, 0) is 9.53 Å². The molecule has 1 heterocycles. The van der Waals surface area contributed by atoms with E-state index in [-0.39, 0.29) is 5.69 Å². The number of carbonyl (C=O) groups excluding carboxylic acids is 2. The lowest BCUT2D eigenvalue weighted by Gasteiger charge is -2.19. The van der Waals surface area contributed by atoms with Crippen LogP contribution in [0.5, 0.6) is 0 Å². The molecule has 0 aliphatic heterocycles. The lowest BCUT2D eigenvalue weighted by atomic mass is 10.1. The quantitative estimate of drug-likeness (QED) is 0.460. The number of hydrogen-bond acceptors (Lipinski definition) is 4. The normalized spacial score (nSPS) is 11.1. The number of rotatable bonds is 3. The van der Waals surface area contributed by atoms with E-state index in [1.165, 1.54) is 12.3 Å². The van der Waals surface area contributed by atoms with Crippen LogP contribution in [0.4, 0.5) is 4.39 Å². The Kier molecular flexibility index (Phi) is 3.93. The predicted molar refractivity (Wildman–Crippen MR) is 59.0 cm³/mol. The summed E-state index contributed by atoms with van der Waals surface area (Å²) in [5, 5.41) is 0. The Bertz CT molecular complexity index is 438. The molecule has 0 N–H and O–H groups in total. The van der Waals surface area contributed by atoms with Crippen LogP contribution in [0, 0.1) is 5.82 Å². The van der Waals surface area contributed by atoms with E-state index >= 15 is 0 Å². The molecular formula is C12H14FNO3. The summed E-state index contributed by atoms with van der Waals surface area (Å²) in [6, 6.07) is 2.49. The van der Waals surface area contributed by atoms with Crippen molar-refractivity contribution in [1.29, 1.82) is 0 Å². The second-order valence-electron chi connectivity index (χ2n) is 4.52. The number of ketones is 1. The molecule has 0 spiro atoms. The number of halogens is 1. The number of aromatic nitrogens is 1. The van der Waals surface area contributed by atoms with Gasteiger partial charge in [0.05, 0.1) is 0 Å². The highest BCUT2D eigenvalue weighted by Gasteiger charge is 2.21. The van der Waals surface area contributed by atoms with Crippen molar-refractivity contribution in [2.75, 3.05) is 0 Å². The second kappa shape index (κ2) is 5.03. The average molecular weight is 239 g/mol. The van der Waals surface area contributed by atoms with Gasteiger partial charge in [-0.3, -0.25) is 14.6 Å². The standard InChI is InChI=1S/C12H14FNO3/c1-12(2,3)17-10(16)7-9(15)11-8(13)5-4-6-14-11/h4-6H,7H2,1-3H3. The van der Waals surface area contributed by atoms with Gasteiger partial charge in [0.2, 0.25) is 0 Å². The summed E-state index contributed by atoms with van der Waals surface area (Å²) in [6.07, 6.45) is 0.788. The topological polar surface area (TPSA) is 56.3 Å². The highest BCUT2D eigenvalue weighted by atomic mass is 19.1. The van der Waals surface area contributed by atoms with Gasteiger partial charge in [-0.15, -0.1) is 0 Å². The first-order valence-corrected chi connectivity index (χ1v) is 5.15. The molecule has 0 radical (unpaired) electrons. The molecule has 92 valence electrons. The lowest BCUT2D eigenvalue weighted by molar-refractivity contribution is -0.153. The molecule has 17 heavy (non-hydrogen) atoms. The molecule has 0 bridgehead atoms. The van der Waals surface area contributed by atoms with Crippen molar-refractivity contribution in [1.82, 2.24) is 4.98 Å². The maximum absolute atomic E-state index is 13.2. The minimum atomic E-state index is -0.735. The molecule has 1 aromatic heterocycles. The summed E-state index contributed by atoms with van der Waals surface area (Å²) in [7, 11) is 0. The van der Waals surface area contributed by atoms with E-state index in [4.69, 9.17) is 4.74 Å². The maximum atomic E-state index is 13.2. The van der Waals surface area contributed by atoms with Gasteiger partial charge in [0, 0.05) is 6.20 Å². The fourth-order valence-electron chi connectivity index (χ4n) is 1.18. The molecule has 5 heteroatoms. The van der Waals surface area contributed by atoms with Gasteiger partial charge < -0.3 is 4.74 Å². The third-order valence-electron chi connectivity index (χ3n) is 1.75. The highest BCUT2D eigenvalue weighted by molar-refractivity contribution is 6.04. The van der Waals surface area contributed by atoms with Crippen LogP contribution >= 0.6 is 0 Å². The molecule has 0 aliphatic carbocycles. The van der Waals surface area contributed by atoms with Gasteiger partial charge in [-0.1, -0.05) is 0 Å². The van der Waals surface area contributed by atoms with Gasteiger partial charge in [0.15, 0.2) is 11.6 Å². The number of Topliss-reactive ketones (excluding diaryl/α,β-unsaturated/α-hetero) is 1. The Morgan fingerprint density at radius 1 is 1.41 bits per heavy atom. The van der Waals surface area contributed by atoms with Crippen molar-refractivity contribution < 1.29 is 18.7 Å². The van der Waals surface area contributed by atoms with Gasteiger partial charge >= 0.3 is 5.97 Å². The Labute approximate surface area is 98.8 Å². The fraction of sp³-hybridized carbons (Fsp3) is 0.417. The summed E-state index contributed by atoms with van der Waals surface area (Å²) in [6.45, 7) is 5.07. The van der Waals surface area contributed by atoms with E-state index in [1.54, 1.807) is 20.8 Å². The summed E-state index contributed by atoms with van der Waals surface area (Å²) in [4.78, 5) is 26.5. The van der Waals surface area contributed by atoms with Crippen LogP contribution in [0.25, 0.3) is 0 Å². The summed E-state index contributed by atoms with van der Waals surface area (Å²) in [5.74, 6) is -2.11. The average Bonchev–Trinajstić information content (AvgIpc) is 2.14. The molecule has 0 saturated heterocycles. The molecule has 0 atom stereocenters. The molecule has 0 aromatic carbocycles. The first-order valence-electron chi connectivity index (χ1n) is 5.15. The van der Waals surface area contributed by atoms with E-state index in [2.05, 4.69) is 4.98 Å². The minimum Gasteiger partial charge on any atom is -0.460 e. The van der Waals surface area contributed by atoms with Crippen LogP contribution in [0.15, 0.2) is 18.3 Å². The molecule has 4 nitrogen and oxygen atoms in total. The lowest BCUT2D eigenvalue weighted by Crippen LogP contribution is -2.25. The third-order valence-corrected chi connectivity index (χ3v) is 1.75. The zero-order chi connectivity index (χ0) is 13.1. The van der Waals surface area contributed by atoms with E-state index in [0.717, 1.165) is 6.07 Å². The summed E-state index contributed by atoms with van der Waals surface area (Å²) in [5.41, 5.74) is -1.00. The molecular weight excluding hydrogens is 225 g/mol. The van der Waals surface area contributed by atoms with Crippen LogP contribution in [0.2, 0.25) is 0 Å². The van der Waals surface area contributed by atoms with Crippen LogP contribution in [-0.4, -0.2) is 22.3 Å². The monoisotopic (exact) mass is 239 g/mol. The van der Waals surface area contributed by atoms with Crippen molar-refractivity contribution in [2.24, 2.45) is 0 Å². The molecule has 0 fully saturated rings. The van der Waals surface area contributed by atoms with E-state index < -0.39 is 29.6 Å². The van der Waals surface area contributed by atoms with Crippen molar-refractivity contribution in [3.8, 4) is 0 Å². The van der Waals surface area contributed by atoms with Gasteiger partial charge in [0.1, 0.15) is 17.7 Å². The summed E-state index contributed by atoms with van der Waals surface area (Å²) < 4.78 is 18.2. The van der Waals surface area contributed by atoms with Crippen LogP contribution in [0.1, 0.15) is 37.7 Å². The predicted octanol–water partition coefficient (Wildman–Crippen LogP) is 2.14. The number of esters is 1. The SMILES string of the molecule is CC(C)(C)OC(=O)CC(=O)c1ncccc1F. The van der Waals surface area contributed by atoms with Crippen molar-refractivity contribution >= 4 is 11.8 Å². The third kappa shape index (κ3) is 4.30. The van der Waals surface area contributed by atoms with Gasteiger partial charge in [-0.25, -0.2) is 4.39 Å². The van der Waals surface area contributed by atoms with E-state index in [0.29, 0.717) is 0 Å². The van der Waals surface area contributed by atoms with E-state index in [1.807, 2.05) is 0 Å². The maximum Gasteiger partial charge on any atom is 0.314 e. The number of ether oxygens (including phenoxy) is 1. The Balaban J connectivity index is 2.68. The Hall–Kier alpha value is -1.78. The smallest absolute Gasteiger partial charge is 0.314 e. The molecule has 1 aromatic rings. The Morgan fingerprint density at radius 3 is 2.59 bits per heavy atom.